The van der Waals surface area contributed by atoms with Gasteiger partial charge >= 0.3 is 0 Å². The number of hydrogen-bond acceptors (Lipinski definition) is 4. The molecule has 0 aliphatic carbocycles. The number of anilines is 2. The van der Waals surface area contributed by atoms with Crippen LogP contribution in [-0.4, -0.2) is 68.1 Å². The monoisotopic (exact) mass is 397 g/mol. The standard InChI is InChI=1S/C22H28N4O3/c1-17-3-5-18(6-4-17)23-21(28)15-24(2)16-22(29)26-13-11-25(12-14-26)19-7-9-20(27)10-8-19/h3-10,27H,11-16H2,1-2H3,(H,23,28)/p+1. The fraction of sp³-hybridized carbons (Fsp3) is 0.364. The highest BCUT2D eigenvalue weighted by atomic mass is 16.3. The molecule has 1 heterocycles. The first-order chi connectivity index (χ1) is 13.9. The largest absolute Gasteiger partial charge is 0.508 e. The molecular formula is C22H29N4O3+. The van der Waals surface area contributed by atoms with Crippen LogP contribution in [0.5, 0.6) is 5.75 Å². The highest BCUT2D eigenvalue weighted by Gasteiger charge is 2.24. The minimum Gasteiger partial charge on any atom is -0.508 e. The number of rotatable bonds is 6. The SMILES string of the molecule is Cc1ccc(NC(=O)C[NH+](C)CC(=O)N2CCN(c3ccc(O)cc3)CC2)cc1. The Balaban J connectivity index is 1.42. The van der Waals surface area contributed by atoms with Crippen LogP contribution in [0.1, 0.15) is 5.56 Å². The van der Waals surface area contributed by atoms with Gasteiger partial charge in [0, 0.05) is 37.6 Å². The Hall–Kier alpha value is -3.06. The van der Waals surface area contributed by atoms with Crippen molar-refractivity contribution in [2.45, 2.75) is 6.92 Å². The number of aryl methyl sites for hydroxylation is 1. The van der Waals surface area contributed by atoms with E-state index in [4.69, 9.17) is 0 Å². The summed E-state index contributed by atoms with van der Waals surface area (Å²) in [6, 6.07) is 14.8. The molecule has 0 aromatic heterocycles. The molecule has 154 valence electrons. The maximum Gasteiger partial charge on any atom is 0.279 e. The molecule has 0 saturated carbocycles. The van der Waals surface area contributed by atoms with E-state index in [1.54, 1.807) is 12.1 Å². The van der Waals surface area contributed by atoms with Gasteiger partial charge in [-0.15, -0.1) is 0 Å². The molecule has 1 unspecified atom stereocenters. The summed E-state index contributed by atoms with van der Waals surface area (Å²) in [6.45, 7) is 5.35. The molecule has 1 aliphatic heterocycles. The van der Waals surface area contributed by atoms with Crippen LogP contribution in [0.2, 0.25) is 0 Å². The van der Waals surface area contributed by atoms with E-state index in [-0.39, 0.29) is 24.1 Å². The highest BCUT2D eigenvalue weighted by molar-refractivity contribution is 5.91. The second kappa shape index (κ2) is 9.43. The lowest BCUT2D eigenvalue weighted by Gasteiger charge is -2.36. The number of phenols is 1. The lowest BCUT2D eigenvalue weighted by molar-refractivity contribution is -0.862. The van der Waals surface area contributed by atoms with Crippen LogP contribution < -0.4 is 15.1 Å². The molecule has 7 heteroatoms. The van der Waals surface area contributed by atoms with Crippen LogP contribution in [0.4, 0.5) is 11.4 Å². The predicted octanol–water partition coefficient (Wildman–Crippen LogP) is 0.503. The molecular weight excluding hydrogens is 368 g/mol. The van der Waals surface area contributed by atoms with Gasteiger partial charge in [-0.1, -0.05) is 17.7 Å². The molecule has 2 amide bonds. The molecule has 7 nitrogen and oxygen atoms in total. The van der Waals surface area contributed by atoms with Crippen molar-refractivity contribution in [3.05, 3.63) is 54.1 Å². The van der Waals surface area contributed by atoms with Crippen LogP contribution in [0.15, 0.2) is 48.5 Å². The predicted molar refractivity (Wildman–Crippen MR) is 113 cm³/mol. The summed E-state index contributed by atoms with van der Waals surface area (Å²) >= 11 is 0. The number of carbonyl (C=O) groups is 2. The first-order valence-corrected chi connectivity index (χ1v) is 9.90. The lowest BCUT2D eigenvalue weighted by Crippen LogP contribution is -3.11. The molecule has 1 fully saturated rings. The van der Waals surface area contributed by atoms with Gasteiger partial charge in [-0.3, -0.25) is 9.59 Å². The number of nitrogens with zero attached hydrogens (tertiary/aromatic N) is 2. The van der Waals surface area contributed by atoms with Crippen molar-refractivity contribution < 1.29 is 19.6 Å². The van der Waals surface area contributed by atoms with Crippen LogP contribution in [0.3, 0.4) is 0 Å². The minimum atomic E-state index is -0.101. The van der Waals surface area contributed by atoms with Gasteiger partial charge in [0.2, 0.25) is 0 Å². The molecule has 1 atom stereocenters. The van der Waals surface area contributed by atoms with Crippen LogP contribution in [-0.2, 0) is 9.59 Å². The Bertz CT molecular complexity index is 828. The van der Waals surface area contributed by atoms with Crippen molar-refractivity contribution in [3.63, 3.8) is 0 Å². The molecule has 1 aliphatic rings. The Labute approximate surface area is 171 Å². The molecule has 3 rings (SSSR count). The van der Waals surface area contributed by atoms with Crippen molar-refractivity contribution in [1.29, 1.82) is 0 Å². The summed E-state index contributed by atoms with van der Waals surface area (Å²) in [6.07, 6.45) is 0. The number of amides is 2. The first-order valence-electron chi connectivity index (χ1n) is 9.90. The molecule has 2 aromatic rings. The second-order valence-corrected chi connectivity index (χ2v) is 7.61. The summed E-state index contributed by atoms with van der Waals surface area (Å²) < 4.78 is 0. The number of piperazine rings is 1. The summed E-state index contributed by atoms with van der Waals surface area (Å²) in [5, 5.41) is 12.3. The molecule has 2 aromatic carbocycles. The van der Waals surface area contributed by atoms with Gasteiger partial charge in [0.1, 0.15) is 5.75 Å². The molecule has 0 radical (unpaired) electrons. The van der Waals surface area contributed by atoms with Crippen molar-refractivity contribution in [2.75, 3.05) is 56.5 Å². The third kappa shape index (κ3) is 5.96. The lowest BCUT2D eigenvalue weighted by atomic mass is 10.2. The van der Waals surface area contributed by atoms with Crippen molar-refractivity contribution in [3.8, 4) is 5.75 Å². The third-order valence-corrected chi connectivity index (χ3v) is 5.10. The zero-order valence-electron chi connectivity index (χ0n) is 17.0. The van der Waals surface area contributed by atoms with E-state index in [1.807, 2.05) is 55.3 Å². The number of likely N-dealkylation sites (N-methyl/N-ethyl adjacent to an activating group) is 1. The van der Waals surface area contributed by atoms with Crippen LogP contribution in [0.25, 0.3) is 0 Å². The smallest absolute Gasteiger partial charge is 0.279 e. The van der Waals surface area contributed by atoms with E-state index in [0.717, 1.165) is 34.9 Å². The normalized spacial score (nSPS) is 15.1. The Morgan fingerprint density at radius 3 is 2.21 bits per heavy atom. The Kier molecular flexibility index (Phi) is 6.72. The Morgan fingerprint density at radius 2 is 1.59 bits per heavy atom. The fourth-order valence-electron chi connectivity index (χ4n) is 3.43. The van der Waals surface area contributed by atoms with E-state index >= 15 is 0 Å². The van der Waals surface area contributed by atoms with Gasteiger partial charge < -0.3 is 25.1 Å². The van der Waals surface area contributed by atoms with Gasteiger partial charge in [-0.05, 0) is 43.3 Å². The van der Waals surface area contributed by atoms with Crippen molar-refractivity contribution in [2.24, 2.45) is 0 Å². The fourth-order valence-corrected chi connectivity index (χ4v) is 3.43. The molecule has 1 saturated heterocycles. The number of quaternary nitrogens is 1. The van der Waals surface area contributed by atoms with E-state index in [9.17, 15) is 14.7 Å². The second-order valence-electron chi connectivity index (χ2n) is 7.61. The van der Waals surface area contributed by atoms with E-state index < -0.39 is 0 Å². The number of phenolic OH excluding ortho intramolecular Hbond substituents is 1. The van der Waals surface area contributed by atoms with Crippen molar-refractivity contribution >= 4 is 23.2 Å². The average molecular weight is 397 g/mol. The zero-order valence-corrected chi connectivity index (χ0v) is 17.0. The molecule has 0 bridgehead atoms. The Morgan fingerprint density at radius 1 is 0.966 bits per heavy atom. The summed E-state index contributed by atoms with van der Waals surface area (Å²) in [4.78, 5) is 29.7. The topological polar surface area (TPSA) is 77.3 Å². The number of benzene rings is 2. The number of aromatic hydroxyl groups is 1. The van der Waals surface area contributed by atoms with E-state index in [0.29, 0.717) is 19.6 Å². The number of hydrogen-bond donors (Lipinski definition) is 3. The summed E-state index contributed by atoms with van der Waals surface area (Å²) in [7, 11) is 1.86. The van der Waals surface area contributed by atoms with Gasteiger partial charge in [-0.2, -0.15) is 0 Å². The zero-order chi connectivity index (χ0) is 20.8. The third-order valence-electron chi connectivity index (χ3n) is 5.10. The van der Waals surface area contributed by atoms with E-state index in [2.05, 4.69) is 10.2 Å². The van der Waals surface area contributed by atoms with E-state index in [1.165, 1.54) is 0 Å². The molecule has 0 spiro atoms. The van der Waals surface area contributed by atoms with Gasteiger partial charge in [-0.25, -0.2) is 0 Å². The maximum absolute atomic E-state index is 12.6. The van der Waals surface area contributed by atoms with Crippen molar-refractivity contribution in [1.82, 2.24) is 4.90 Å². The quantitative estimate of drug-likeness (QED) is 0.664. The summed E-state index contributed by atoms with van der Waals surface area (Å²) in [5.74, 6) is 0.215. The minimum absolute atomic E-state index is 0.0657. The van der Waals surface area contributed by atoms with Crippen LogP contribution in [0, 0.1) is 6.92 Å². The summed E-state index contributed by atoms with van der Waals surface area (Å²) in [5.41, 5.74) is 2.96. The molecule has 3 N–H and O–H groups in total. The van der Waals surface area contributed by atoms with Gasteiger partial charge in [0.05, 0.1) is 7.05 Å². The average Bonchev–Trinajstić information content (AvgIpc) is 2.70. The number of nitrogens with one attached hydrogen (secondary N) is 2. The maximum atomic E-state index is 12.6. The highest BCUT2D eigenvalue weighted by Crippen LogP contribution is 2.19. The van der Waals surface area contributed by atoms with Crippen LogP contribution >= 0.6 is 0 Å². The molecule has 29 heavy (non-hydrogen) atoms. The van der Waals surface area contributed by atoms with Gasteiger partial charge in [0.25, 0.3) is 11.8 Å². The number of carbonyl (C=O) groups excluding carboxylic acids is 2. The first kappa shape index (κ1) is 20.7. The van der Waals surface area contributed by atoms with Gasteiger partial charge in [0.15, 0.2) is 13.1 Å².